The standard InChI is InChI=1S/C13H26N2O/c1-10-13(2,7-8-16-10)15-9-11-3-5-12(14)6-4-11/h10-12,15H,3-9,14H2,1-2H3. The molecule has 2 atom stereocenters. The van der Waals surface area contributed by atoms with E-state index in [-0.39, 0.29) is 5.54 Å². The number of ether oxygens (including phenoxy) is 1. The van der Waals surface area contributed by atoms with Crippen LogP contribution in [0.15, 0.2) is 0 Å². The Bertz CT molecular complexity index is 226. The van der Waals surface area contributed by atoms with Gasteiger partial charge in [0.25, 0.3) is 0 Å². The van der Waals surface area contributed by atoms with Crippen molar-refractivity contribution in [3.8, 4) is 0 Å². The maximum Gasteiger partial charge on any atom is 0.0726 e. The lowest BCUT2D eigenvalue weighted by atomic mass is 9.85. The molecule has 3 heteroatoms. The number of hydrogen-bond acceptors (Lipinski definition) is 3. The summed E-state index contributed by atoms with van der Waals surface area (Å²) in [6.45, 7) is 6.51. The molecule has 0 aromatic carbocycles. The maximum absolute atomic E-state index is 5.92. The maximum atomic E-state index is 5.92. The van der Waals surface area contributed by atoms with Gasteiger partial charge in [-0.25, -0.2) is 0 Å². The zero-order valence-corrected chi connectivity index (χ0v) is 10.7. The van der Waals surface area contributed by atoms with Crippen LogP contribution >= 0.6 is 0 Å². The van der Waals surface area contributed by atoms with E-state index in [4.69, 9.17) is 10.5 Å². The van der Waals surface area contributed by atoms with Crippen molar-refractivity contribution in [1.29, 1.82) is 0 Å². The van der Waals surface area contributed by atoms with Gasteiger partial charge in [0, 0.05) is 18.2 Å². The number of hydrogen-bond donors (Lipinski definition) is 2. The Labute approximate surface area is 99.1 Å². The molecule has 1 heterocycles. The van der Waals surface area contributed by atoms with Crippen molar-refractivity contribution in [2.24, 2.45) is 11.7 Å². The molecule has 1 saturated heterocycles. The first-order valence-corrected chi connectivity index (χ1v) is 6.72. The van der Waals surface area contributed by atoms with Crippen LogP contribution in [0, 0.1) is 5.92 Å². The lowest BCUT2D eigenvalue weighted by Crippen LogP contribution is -2.49. The minimum Gasteiger partial charge on any atom is -0.377 e. The molecule has 2 unspecified atom stereocenters. The molecule has 0 aromatic rings. The van der Waals surface area contributed by atoms with Gasteiger partial charge in [-0.2, -0.15) is 0 Å². The number of rotatable bonds is 3. The third-order valence-corrected chi connectivity index (χ3v) is 4.57. The fourth-order valence-electron chi connectivity index (χ4n) is 2.84. The van der Waals surface area contributed by atoms with Gasteiger partial charge in [-0.3, -0.25) is 0 Å². The summed E-state index contributed by atoms with van der Waals surface area (Å²) < 4.78 is 5.64. The fourth-order valence-corrected chi connectivity index (χ4v) is 2.84. The molecule has 3 nitrogen and oxygen atoms in total. The van der Waals surface area contributed by atoms with Gasteiger partial charge >= 0.3 is 0 Å². The number of nitrogens with one attached hydrogen (secondary N) is 1. The molecule has 94 valence electrons. The highest BCUT2D eigenvalue weighted by atomic mass is 16.5. The van der Waals surface area contributed by atoms with Gasteiger partial charge < -0.3 is 15.8 Å². The average molecular weight is 226 g/mol. The van der Waals surface area contributed by atoms with Gasteiger partial charge in [0.2, 0.25) is 0 Å². The Morgan fingerprint density at radius 3 is 2.56 bits per heavy atom. The molecule has 0 amide bonds. The molecule has 1 aliphatic carbocycles. The van der Waals surface area contributed by atoms with Gasteiger partial charge in [-0.1, -0.05) is 0 Å². The molecule has 2 rings (SSSR count). The molecule has 1 saturated carbocycles. The van der Waals surface area contributed by atoms with Crippen LogP contribution in [0.2, 0.25) is 0 Å². The van der Waals surface area contributed by atoms with Crippen LogP contribution < -0.4 is 11.1 Å². The van der Waals surface area contributed by atoms with Crippen LogP contribution in [-0.2, 0) is 4.74 Å². The van der Waals surface area contributed by atoms with E-state index in [0.29, 0.717) is 12.1 Å². The molecule has 0 bridgehead atoms. The minimum absolute atomic E-state index is 0.194. The van der Waals surface area contributed by atoms with Crippen LogP contribution in [0.5, 0.6) is 0 Å². The Morgan fingerprint density at radius 1 is 1.31 bits per heavy atom. The van der Waals surface area contributed by atoms with Gasteiger partial charge in [-0.15, -0.1) is 0 Å². The third kappa shape index (κ3) is 2.76. The highest BCUT2D eigenvalue weighted by molar-refractivity contribution is 4.94. The highest BCUT2D eigenvalue weighted by Crippen LogP contribution is 2.27. The predicted molar refractivity (Wildman–Crippen MR) is 66.4 cm³/mol. The molecular weight excluding hydrogens is 200 g/mol. The Morgan fingerprint density at radius 2 is 2.00 bits per heavy atom. The van der Waals surface area contributed by atoms with E-state index in [1.54, 1.807) is 0 Å². The van der Waals surface area contributed by atoms with Gasteiger partial charge in [0.05, 0.1) is 6.10 Å². The molecule has 2 fully saturated rings. The van der Waals surface area contributed by atoms with Crippen LogP contribution in [0.3, 0.4) is 0 Å². The quantitative estimate of drug-likeness (QED) is 0.769. The summed E-state index contributed by atoms with van der Waals surface area (Å²) >= 11 is 0. The Hall–Kier alpha value is -0.120. The molecule has 0 aromatic heterocycles. The monoisotopic (exact) mass is 226 g/mol. The van der Waals surface area contributed by atoms with Gasteiger partial charge in [-0.05, 0) is 58.4 Å². The minimum atomic E-state index is 0.194. The second-order valence-electron chi connectivity index (χ2n) is 5.84. The van der Waals surface area contributed by atoms with E-state index < -0.39 is 0 Å². The lowest BCUT2D eigenvalue weighted by Gasteiger charge is -2.33. The fraction of sp³-hybridized carbons (Fsp3) is 1.00. The molecule has 0 radical (unpaired) electrons. The first-order valence-electron chi connectivity index (χ1n) is 6.72. The van der Waals surface area contributed by atoms with Crippen molar-refractivity contribution >= 4 is 0 Å². The van der Waals surface area contributed by atoms with E-state index in [1.807, 2.05) is 0 Å². The smallest absolute Gasteiger partial charge is 0.0726 e. The van der Waals surface area contributed by atoms with Crippen molar-refractivity contribution < 1.29 is 4.74 Å². The Balaban J connectivity index is 1.74. The largest absolute Gasteiger partial charge is 0.377 e. The molecule has 16 heavy (non-hydrogen) atoms. The van der Waals surface area contributed by atoms with E-state index in [0.717, 1.165) is 25.5 Å². The summed E-state index contributed by atoms with van der Waals surface area (Å²) in [5, 5.41) is 3.73. The van der Waals surface area contributed by atoms with Crippen LogP contribution in [-0.4, -0.2) is 30.8 Å². The second kappa shape index (κ2) is 5.03. The molecular formula is C13H26N2O. The van der Waals surface area contributed by atoms with Crippen LogP contribution in [0.25, 0.3) is 0 Å². The van der Waals surface area contributed by atoms with Crippen molar-refractivity contribution in [2.45, 2.75) is 63.6 Å². The summed E-state index contributed by atoms with van der Waals surface area (Å²) in [6.07, 6.45) is 6.47. The first-order chi connectivity index (χ1) is 7.60. The van der Waals surface area contributed by atoms with E-state index in [1.165, 1.54) is 25.7 Å². The Kier molecular flexibility index (Phi) is 3.88. The second-order valence-corrected chi connectivity index (χ2v) is 5.84. The van der Waals surface area contributed by atoms with Crippen molar-refractivity contribution in [3.05, 3.63) is 0 Å². The topological polar surface area (TPSA) is 47.3 Å². The summed E-state index contributed by atoms with van der Waals surface area (Å²) in [4.78, 5) is 0. The zero-order chi connectivity index (χ0) is 11.6. The zero-order valence-electron chi connectivity index (χ0n) is 10.7. The molecule has 3 N–H and O–H groups in total. The lowest BCUT2D eigenvalue weighted by molar-refractivity contribution is 0.0860. The summed E-state index contributed by atoms with van der Waals surface area (Å²) in [6, 6.07) is 0.459. The van der Waals surface area contributed by atoms with E-state index >= 15 is 0 Å². The van der Waals surface area contributed by atoms with E-state index in [2.05, 4.69) is 19.2 Å². The van der Waals surface area contributed by atoms with Gasteiger partial charge in [0.15, 0.2) is 0 Å². The predicted octanol–water partition coefficient (Wildman–Crippen LogP) is 1.66. The van der Waals surface area contributed by atoms with Gasteiger partial charge in [0.1, 0.15) is 0 Å². The SMILES string of the molecule is CC1OCCC1(C)NCC1CCC(N)CC1. The van der Waals surface area contributed by atoms with Crippen molar-refractivity contribution in [1.82, 2.24) is 5.32 Å². The summed E-state index contributed by atoms with van der Waals surface area (Å²) in [7, 11) is 0. The molecule has 0 spiro atoms. The summed E-state index contributed by atoms with van der Waals surface area (Å²) in [5.41, 5.74) is 6.12. The van der Waals surface area contributed by atoms with Crippen LogP contribution in [0.4, 0.5) is 0 Å². The highest BCUT2D eigenvalue weighted by Gasteiger charge is 2.36. The summed E-state index contributed by atoms with van der Waals surface area (Å²) in [5.74, 6) is 0.824. The third-order valence-electron chi connectivity index (χ3n) is 4.57. The molecule has 2 aliphatic rings. The number of nitrogens with two attached hydrogens (primary N) is 1. The first kappa shape index (κ1) is 12.3. The van der Waals surface area contributed by atoms with Crippen molar-refractivity contribution in [3.63, 3.8) is 0 Å². The normalized spacial score (nSPS) is 44.8. The van der Waals surface area contributed by atoms with Crippen molar-refractivity contribution in [2.75, 3.05) is 13.2 Å². The molecule has 1 aliphatic heterocycles. The van der Waals surface area contributed by atoms with E-state index in [9.17, 15) is 0 Å². The van der Waals surface area contributed by atoms with Crippen LogP contribution in [0.1, 0.15) is 46.0 Å². The average Bonchev–Trinajstić information content (AvgIpc) is 2.59.